The SMILES string of the molecule is COCCNCC(=O)N1CCN(C2CCC(C(C)C)CC2)CC1. The molecule has 1 heterocycles. The second-order valence-electron chi connectivity index (χ2n) is 7.40. The quantitative estimate of drug-likeness (QED) is 0.722. The Labute approximate surface area is 141 Å². The predicted octanol–water partition coefficient (Wildman–Crippen LogP) is 1.58. The molecule has 0 spiro atoms. The van der Waals surface area contributed by atoms with Gasteiger partial charge in [0.15, 0.2) is 0 Å². The Balaban J connectivity index is 1.65. The van der Waals surface area contributed by atoms with Gasteiger partial charge in [-0.05, 0) is 37.5 Å². The van der Waals surface area contributed by atoms with Gasteiger partial charge in [0.1, 0.15) is 0 Å². The lowest BCUT2D eigenvalue weighted by molar-refractivity contribution is -0.132. The fourth-order valence-electron chi connectivity index (χ4n) is 3.95. The molecular weight excluding hydrogens is 290 g/mol. The molecule has 1 saturated carbocycles. The van der Waals surface area contributed by atoms with Gasteiger partial charge in [0.25, 0.3) is 0 Å². The standard InChI is InChI=1S/C18H35N3O2/c1-15(2)16-4-6-17(7-5-16)20-9-11-21(12-10-20)18(22)14-19-8-13-23-3/h15-17,19H,4-14H2,1-3H3. The van der Waals surface area contributed by atoms with Crippen LogP contribution in [0.25, 0.3) is 0 Å². The van der Waals surface area contributed by atoms with Crippen LogP contribution in [0.4, 0.5) is 0 Å². The summed E-state index contributed by atoms with van der Waals surface area (Å²) >= 11 is 0. The summed E-state index contributed by atoms with van der Waals surface area (Å²) in [5.74, 6) is 1.98. The molecule has 0 bridgehead atoms. The number of piperazine rings is 1. The molecule has 0 aromatic heterocycles. The van der Waals surface area contributed by atoms with Crippen LogP contribution in [0.2, 0.25) is 0 Å². The van der Waals surface area contributed by atoms with Crippen molar-refractivity contribution in [3.05, 3.63) is 0 Å². The maximum absolute atomic E-state index is 12.2. The highest BCUT2D eigenvalue weighted by molar-refractivity contribution is 5.78. The number of nitrogens with one attached hydrogen (secondary N) is 1. The molecule has 5 nitrogen and oxygen atoms in total. The van der Waals surface area contributed by atoms with E-state index in [1.54, 1.807) is 7.11 Å². The van der Waals surface area contributed by atoms with Crippen LogP contribution in [-0.4, -0.2) is 74.7 Å². The smallest absolute Gasteiger partial charge is 0.236 e. The number of ether oxygens (including phenoxy) is 1. The Bertz CT molecular complexity index is 346. The minimum absolute atomic E-state index is 0.226. The third kappa shape index (κ3) is 5.73. The molecule has 2 aliphatic rings. The zero-order chi connectivity index (χ0) is 16.7. The number of nitrogens with zero attached hydrogens (tertiary/aromatic N) is 2. The number of carbonyl (C=O) groups is 1. The number of methoxy groups -OCH3 is 1. The van der Waals surface area contributed by atoms with Gasteiger partial charge in [-0.3, -0.25) is 9.69 Å². The van der Waals surface area contributed by atoms with E-state index in [0.29, 0.717) is 13.2 Å². The lowest BCUT2D eigenvalue weighted by Crippen LogP contribution is -2.54. The summed E-state index contributed by atoms with van der Waals surface area (Å²) in [4.78, 5) is 16.8. The van der Waals surface area contributed by atoms with Crippen molar-refractivity contribution in [1.82, 2.24) is 15.1 Å². The van der Waals surface area contributed by atoms with Crippen molar-refractivity contribution < 1.29 is 9.53 Å². The molecule has 0 aromatic carbocycles. The summed E-state index contributed by atoms with van der Waals surface area (Å²) < 4.78 is 4.98. The Morgan fingerprint density at radius 1 is 1.13 bits per heavy atom. The second kappa shape index (κ2) is 9.60. The van der Waals surface area contributed by atoms with Crippen LogP contribution < -0.4 is 5.32 Å². The van der Waals surface area contributed by atoms with Crippen molar-refractivity contribution >= 4 is 5.91 Å². The summed E-state index contributed by atoms with van der Waals surface area (Å²) in [6.45, 7) is 10.4. The normalized spacial score (nSPS) is 26.7. The molecule has 2 rings (SSSR count). The van der Waals surface area contributed by atoms with Crippen LogP contribution in [0.5, 0.6) is 0 Å². The van der Waals surface area contributed by atoms with E-state index in [2.05, 4.69) is 24.1 Å². The highest BCUT2D eigenvalue weighted by Crippen LogP contribution is 2.32. The van der Waals surface area contributed by atoms with Crippen LogP contribution >= 0.6 is 0 Å². The van der Waals surface area contributed by atoms with Crippen LogP contribution in [0, 0.1) is 11.8 Å². The fourth-order valence-corrected chi connectivity index (χ4v) is 3.95. The molecule has 5 heteroatoms. The van der Waals surface area contributed by atoms with Gasteiger partial charge in [0, 0.05) is 45.9 Å². The summed E-state index contributed by atoms with van der Waals surface area (Å²) in [6, 6.07) is 0.752. The minimum atomic E-state index is 0.226. The maximum atomic E-state index is 12.2. The van der Waals surface area contributed by atoms with Gasteiger partial charge in [0.05, 0.1) is 13.2 Å². The maximum Gasteiger partial charge on any atom is 0.236 e. The molecule has 134 valence electrons. The molecule has 0 unspecified atom stereocenters. The zero-order valence-electron chi connectivity index (χ0n) is 15.2. The predicted molar refractivity (Wildman–Crippen MR) is 93.5 cm³/mol. The van der Waals surface area contributed by atoms with Gasteiger partial charge >= 0.3 is 0 Å². The van der Waals surface area contributed by atoms with Crippen LogP contribution in [0.15, 0.2) is 0 Å². The average molecular weight is 325 g/mol. The van der Waals surface area contributed by atoms with Crippen molar-refractivity contribution in [1.29, 1.82) is 0 Å². The van der Waals surface area contributed by atoms with E-state index in [-0.39, 0.29) is 5.91 Å². The number of rotatable bonds is 7. The molecule has 1 saturated heterocycles. The first-order chi connectivity index (χ1) is 11.1. The molecule has 1 N–H and O–H groups in total. The third-order valence-electron chi connectivity index (χ3n) is 5.63. The molecule has 1 amide bonds. The molecule has 2 fully saturated rings. The number of carbonyl (C=O) groups excluding carboxylic acids is 1. The molecule has 0 aromatic rings. The molecular formula is C18H35N3O2. The average Bonchev–Trinajstić information content (AvgIpc) is 2.59. The lowest BCUT2D eigenvalue weighted by atomic mass is 9.79. The first-order valence-corrected chi connectivity index (χ1v) is 9.33. The van der Waals surface area contributed by atoms with E-state index < -0.39 is 0 Å². The third-order valence-corrected chi connectivity index (χ3v) is 5.63. The van der Waals surface area contributed by atoms with Crippen LogP contribution in [0.1, 0.15) is 39.5 Å². The van der Waals surface area contributed by atoms with E-state index in [1.165, 1.54) is 25.7 Å². The second-order valence-corrected chi connectivity index (χ2v) is 7.40. The summed E-state index contributed by atoms with van der Waals surface area (Å²) in [6.07, 6.45) is 5.44. The zero-order valence-corrected chi connectivity index (χ0v) is 15.2. The molecule has 0 radical (unpaired) electrons. The Hall–Kier alpha value is -0.650. The Kier molecular flexibility index (Phi) is 7.80. The van der Waals surface area contributed by atoms with Crippen molar-refractivity contribution in [2.45, 2.75) is 45.6 Å². The lowest BCUT2D eigenvalue weighted by Gasteiger charge is -2.42. The van der Waals surface area contributed by atoms with Gasteiger partial charge < -0.3 is 15.0 Å². The fraction of sp³-hybridized carbons (Fsp3) is 0.944. The van der Waals surface area contributed by atoms with Crippen LogP contribution in [-0.2, 0) is 9.53 Å². The van der Waals surface area contributed by atoms with E-state index in [1.807, 2.05) is 4.90 Å². The van der Waals surface area contributed by atoms with E-state index >= 15 is 0 Å². The van der Waals surface area contributed by atoms with Crippen molar-refractivity contribution in [3.63, 3.8) is 0 Å². The first kappa shape index (κ1) is 18.7. The summed E-state index contributed by atoms with van der Waals surface area (Å²) in [5.41, 5.74) is 0. The molecule has 0 atom stereocenters. The largest absolute Gasteiger partial charge is 0.383 e. The van der Waals surface area contributed by atoms with E-state index in [0.717, 1.165) is 50.6 Å². The van der Waals surface area contributed by atoms with Gasteiger partial charge in [-0.15, -0.1) is 0 Å². The van der Waals surface area contributed by atoms with Gasteiger partial charge in [0.2, 0.25) is 5.91 Å². The topological polar surface area (TPSA) is 44.8 Å². The van der Waals surface area contributed by atoms with Gasteiger partial charge in [-0.1, -0.05) is 13.8 Å². The molecule has 1 aliphatic carbocycles. The van der Waals surface area contributed by atoms with Gasteiger partial charge in [-0.2, -0.15) is 0 Å². The summed E-state index contributed by atoms with van der Waals surface area (Å²) in [7, 11) is 1.68. The van der Waals surface area contributed by atoms with E-state index in [9.17, 15) is 4.79 Å². The van der Waals surface area contributed by atoms with Crippen molar-refractivity contribution in [3.8, 4) is 0 Å². The number of hydrogen-bond donors (Lipinski definition) is 1. The van der Waals surface area contributed by atoms with E-state index in [4.69, 9.17) is 4.74 Å². The van der Waals surface area contributed by atoms with Crippen molar-refractivity contribution in [2.75, 3.05) is 53.0 Å². The highest BCUT2D eigenvalue weighted by Gasteiger charge is 2.30. The van der Waals surface area contributed by atoms with Gasteiger partial charge in [-0.25, -0.2) is 0 Å². The number of amides is 1. The highest BCUT2D eigenvalue weighted by atomic mass is 16.5. The molecule has 1 aliphatic heterocycles. The Morgan fingerprint density at radius 2 is 1.78 bits per heavy atom. The van der Waals surface area contributed by atoms with Crippen LogP contribution in [0.3, 0.4) is 0 Å². The summed E-state index contributed by atoms with van der Waals surface area (Å²) in [5, 5.41) is 3.14. The number of hydrogen-bond acceptors (Lipinski definition) is 4. The first-order valence-electron chi connectivity index (χ1n) is 9.33. The minimum Gasteiger partial charge on any atom is -0.383 e. The molecule has 23 heavy (non-hydrogen) atoms. The Morgan fingerprint density at radius 3 is 2.35 bits per heavy atom. The van der Waals surface area contributed by atoms with Crippen molar-refractivity contribution in [2.24, 2.45) is 11.8 Å². The monoisotopic (exact) mass is 325 g/mol.